The Morgan fingerprint density at radius 3 is 2.76 bits per heavy atom. The van der Waals surface area contributed by atoms with E-state index >= 15 is 0 Å². The topological polar surface area (TPSA) is 26.0 Å². The van der Waals surface area contributed by atoms with Gasteiger partial charge in [-0.15, -0.1) is 0 Å². The van der Waals surface area contributed by atoms with E-state index in [-0.39, 0.29) is 11.9 Å². The van der Waals surface area contributed by atoms with Gasteiger partial charge >= 0.3 is 0 Å². The van der Waals surface area contributed by atoms with Crippen LogP contribution in [-0.4, -0.2) is 6.04 Å². The van der Waals surface area contributed by atoms with Gasteiger partial charge in [0.25, 0.3) is 0 Å². The summed E-state index contributed by atoms with van der Waals surface area (Å²) in [4.78, 5) is 2.33. The summed E-state index contributed by atoms with van der Waals surface area (Å²) in [5, 5.41) is 0. The zero-order chi connectivity index (χ0) is 14.8. The van der Waals surface area contributed by atoms with E-state index in [1.165, 1.54) is 41.4 Å². The van der Waals surface area contributed by atoms with E-state index < -0.39 is 0 Å². The van der Waals surface area contributed by atoms with Gasteiger partial charge in [-0.2, -0.15) is 0 Å². The highest BCUT2D eigenvalue weighted by Crippen LogP contribution is 2.34. The SMILES string of the molecule is CC(N)Cc1cc(F)ccc1Sc1ccc2c(c1)CCC2. The molecule has 2 aromatic rings. The lowest BCUT2D eigenvalue weighted by atomic mass is 10.1. The summed E-state index contributed by atoms with van der Waals surface area (Å²) in [6.45, 7) is 1.95. The minimum atomic E-state index is -0.191. The number of hydrogen-bond acceptors (Lipinski definition) is 2. The summed E-state index contributed by atoms with van der Waals surface area (Å²) in [6.07, 6.45) is 4.34. The average molecular weight is 301 g/mol. The van der Waals surface area contributed by atoms with E-state index in [0.29, 0.717) is 6.42 Å². The first kappa shape index (κ1) is 14.6. The highest BCUT2D eigenvalue weighted by Gasteiger charge is 2.13. The van der Waals surface area contributed by atoms with Crippen LogP contribution in [0.5, 0.6) is 0 Å². The van der Waals surface area contributed by atoms with Gasteiger partial charge in [0.15, 0.2) is 0 Å². The molecule has 0 aliphatic heterocycles. The van der Waals surface area contributed by atoms with Gasteiger partial charge < -0.3 is 5.73 Å². The normalized spacial score (nSPS) is 15.0. The fourth-order valence-corrected chi connectivity index (χ4v) is 3.89. The van der Waals surface area contributed by atoms with Crippen LogP contribution in [0.15, 0.2) is 46.2 Å². The third kappa shape index (κ3) is 3.47. The number of hydrogen-bond donors (Lipinski definition) is 1. The third-order valence-electron chi connectivity index (χ3n) is 3.86. The molecule has 1 unspecified atom stereocenters. The van der Waals surface area contributed by atoms with Crippen molar-refractivity contribution >= 4 is 11.8 Å². The molecule has 0 radical (unpaired) electrons. The van der Waals surface area contributed by atoms with Gasteiger partial charge in [-0.25, -0.2) is 4.39 Å². The molecular weight excluding hydrogens is 281 g/mol. The summed E-state index contributed by atoms with van der Waals surface area (Å²) >= 11 is 1.71. The van der Waals surface area contributed by atoms with Gasteiger partial charge in [-0.3, -0.25) is 0 Å². The van der Waals surface area contributed by atoms with Crippen LogP contribution in [-0.2, 0) is 19.3 Å². The number of benzene rings is 2. The smallest absolute Gasteiger partial charge is 0.123 e. The molecule has 21 heavy (non-hydrogen) atoms. The Labute approximate surface area is 129 Å². The van der Waals surface area contributed by atoms with Crippen molar-refractivity contribution in [1.82, 2.24) is 0 Å². The summed E-state index contributed by atoms with van der Waals surface area (Å²) in [5.74, 6) is -0.191. The molecule has 0 bridgehead atoms. The Kier molecular flexibility index (Phi) is 4.32. The molecule has 0 spiro atoms. The summed E-state index contributed by atoms with van der Waals surface area (Å²) < 4.78 is 13.5. The Bertz CT molecular complexity index is 652. The van der Waals surface area contributed by atoms with Crippen molar-refractivity contribution in [2.24, 2.45) is 5.73 Å². The quantitative estimate of drug-likeness (QED) is 0.908. The molecule has 0 saturated heterocycles. The molecule has 0 saturated carbocycles. The Morgan fingerprint density at radius 2 is 1.95 bits per heavy atom. The molecule has 0 aromatic heterocycles. The molecule has 2 aromatic carbocycles. The van der Waals surface area contributed by atoms with Crippen LogP contribution in [0.4, 0.5) is 4.39 Å². The predicted octanol–water partition coefficient (Wildman–Crippen LogP) is 4.36. The van der Waals surface area contributed by atoms with Crippen molar-refractivity contribution in [3.8, 4) is 0 Å². The Hall–Kier alpha value is -1.32. The van der Waals surface area contributed by atoms with Gasteiger partial charge in [0.05, 0.1) is 0 Å². The van der Waals surface area contributed by atoms with Crippen LogP contribution >= 0.6 is 11.8 Å². The second-order valence-corrected chi connectivity index (χ2v) is 6.93. The van der Waals surface area contributed by atoms with Crippen LogP contribution in [0, 0.1) is 5.82 Å². The first-order chi connectivity index (χ1) is 10.1. The van der Waals surface area contributed by atoms with Crippen molar-refractivity contribution in [3.63, 3.8) is 0 Å². The van der Waals surface area contributed by atoms with E-state index in [0.717, 1.165) is 10.5 Å². The second-order valence-electron chi connectivity index (χ2n) is 5.82. The minimum absolute atomic E-state index is 0.0335. The van der Waals surface area contributed by atoms with E-state index in [1.54, 1.807) is 17.8 Å². The molecule has 1 nitrogen and oxygen atoms in total. The van der Waals surface area contributed by atoms with Crippen molar-refractivity contribution in [2.75, 3.05) is 0 Å². The molecule has 0 fully saturated rings. The van der Waals surface area contributed by atoms with Crippen molar-refractivity contribution in [1.29, 1.82) is 0 Å². The van der Waals surface area contributed by atoms with Gasteiger partial charge in [-0.1, -0.05) is 17.8 Å². The van der Waals surface area contributed by atoms with Crippen LogP contribution in [0.3, 0.4) is 0 Å². The zero-order valence-electron chi connectivity index (χ0n) is 12.2. The highest BCUT2D eigenvalue weighted by molar-refractivity contribution is 7.99. The first-order valence-electron chi connectivity index (χ1n) is 7.45. The first-order valence-corrected chi connectivity index (χ1v) is 8.27. The number of halogens is 1. The molecular formula is C18H20FNS. The molecule has 110 valence electrons. The van der Waals surface area contributed by atoms with Crippen LogP contribution < -0.4 is 5.73 Å². The second kappa shape index (κ2) is 6.20. The van der Waals surface area contributed by atoms with Crippen molar-refractivity contribution in [3.05, 3.63) is 58.9 Å². The van der Waals surface area contributed by atoms with Gasteiger partial charge in [0.2, 0.25) is 0 Å². The minimum Gasteiger partial charge on any atom is -0.328 e. The van der Waals surface area contributed by atoms with E-state index in [1.807, 2.05) is 13.0 Å². The standard InChI is InChI=1S/C18H20FNS/c1-12(20)9-15-10-16(19)6-8-18(15)21-17-7-5-13-3-2-4-14(13)11-17/h5-8,10-12H,2-4,9,20H2,1H3. The summed E-state index contributed by atoms with van der Waals surface area (Å²) in [7, 11) is 0. The molecule has 1 atom stereocenters. The highest BCUT2D eigenvalue weighted by atomic mass is 32.2. The lowest BCUT2D eigenvalue weighted by Crippen LogP contribution is -2.18. The maximum absolute atomic E-state index is 13.5. The van der Waals surface area contributed by atoms with Crippen LogP contribution in [0.2, 0.25) is 0 Å². The maximum Gasteiger partial charge on any atom is 0.123 e. The van der Waals surface area contributed by atoms with Crippen LogP contribution in [0.1, 0.15) is 30.0 Å². The molecule has 3 heteroatoms. The summed E-state index contributed by atoms with van der Waals surface area (Å²) in [5.41, 5.74) is 9.82. The fraction of sp³-hybridized carbons (Fsp3) is 0.333. The number of aryl methyl sites for hydroxylation is 2. The number of fused-ring (bicyclic) bond motifs is 1. The molecule has 0 heterocycles. The molecule has 0 amide bonds. The number of nitrogens with two attached hydrogens (primary N) is 1. The molecule has 2 N–H and O–H groups in total. The number of rotatable bonds is 4. The van der Waals surface area contributed by atoms with Crippen molar-refractivity contribution < 1.29 is 4.39 Å². The Morgan fingerprint density at radius 1 is 1.14 bits per heavy atom. The van der Waals surface area contributed by atoms with E-state index in [2.05, 4.69) is 18.2 Å². The monoisotopic (exact) mass is 301 g/mol. The van der Waals surface area contributed by atoms with Crippen LogP contribution in [0.25, 0.3) is 0 Å². The van der Waals surface area contributed by atoms with Gasteiger partial charge in [-0.05, 0) is 79.6 Å². The van der Waals surface area contributed by atoms with E-state index in [4.69, 9.17) is 5.73 Å². The van der Waals surface area contributed by atoms with Gasteiger partial charge in [0.1, 0.15) is 5.82 Å². The molecule has 1 aliphatic carbocycles. The fourth-order valence-electron chi connectivity index (χ4n) is 2.89. The maximum atomic E-state index is 13.5. The van der Waals surface area contributed by atoms with E-state index in [9.17, 15) is 4.39 Å². The summed E-state index contributed by atoms with van der Waals surface area (Å²) in [6, 6.07) is 11.7. The Balaban J connectivity index is 1.87. The molecule has 1 aliphatic rings. The van der Waals surface area contributed by atoms with Crippen molar-refractivity contribution in [2.45, 2.75) is 48.4 Å². The lowest BCUT2D eigenvalue weighted by Gasteiger charge is -2.12. The average Bonchev–Trinajstić information content (AvgIpc) is 2.88. The third-order valence-corrected chi connectivity index (χ3v) is 4.97. The molecule has 3 rings (SSSR count). The zero-order valence-corrected chi connectivity index (χ0v) is 13.0. The predicted molar refractivity (Wildman–Crippen MR) is 86.3 cm³/mol. The lowest BCUT2D eigenvalue weighted by molar-refractivity contribution is 0.620. The largest absolute Gasteiger partial charge is 0.328 e. The van der Waals surface area contributed by atoms with Gasteiger partial charge in [0, 0.05) is 15.8 Å².